The molecule has 0 aliphatic heterocycles. The average Bonchev–Trinajstić information content (AvgIpc) is 2.35. The number of hydrogen-bond donors (Lipinski definition) is 1. The zero-order chi connectivity index (χ0) is 9.19. The molecule has 0 aliphatic rings. The van der Waals surface area contributed by atoms with Gasteiger partial charge in [-0.3, -0.25) is 0 Å². The van der Waals surface area contributed by atoms with Gasteiger partial charge in [0, 0.05) is 4.88 Å². The lowest BCUT2D eigenvalue weighted by molar-refractivity contribution is -0.134. The van der Waals surface area contributed by atoms with Crippen molar-refractivity contribution in [2.24, 2.45) is 0 Å². The molecule has 0 radical (unpaired) electrons. The molecule has 68 valence electrons. The molecule has 1 aromatic heterocycles. The van der Waals surface area contributed by atoms with E-state index in [0.717, 1.165) is 22.3 Å². The fourth-order valence-corrected chi connectivity index (χ4v) is 2.04. The Bertz CT molecular complexity index is 251. The second kappa shape index (κ2) is 3.70. The van der Waals surface area contributed by atoms with E-state index < -0.39 is 11.1 Å². The fourth-order valence-electron chi connectivity index (χ4n) is 0.775. The summed E-state index contributed by atoms with van der Waals surface area (Å²) in [4.78, 5) is 0.205. The highest BCUT2D eigenvalue weighted by Crippen LogP contribution is 2.34. The Morgan fingerprint density at radius 2 is 2.00 bits per heavy atom. The summed E-state index contributed by atoms with van der Waals surface area (Å²) in [7, 11) is 0. The molecule has 1 aromatic rings. The molecule has 0 aliphatic carbocycles. The summed E-state index contributed by atoms with van der Waals surface area (Å²) >= 11 is 4.73. The predicted molar refractivity (Wildman–Crippen MR) is 46.9 cm³/mol. The Balaban J connectivity index is 2.77. The molecule has 0 unspecified atom stereocenters. The van der Waals surface area contributed by atoms with E-state index in [2.05, 4.69) is 12.6 Å². The number of thiol groups is 1. The molecular weight excluding hydrogens is 205 g/mol. The monoisotopic (exact) mass is 212 g/mol. The molecule has 0 nitrogen and oxygen atoms in total. The molecule has 12 heavy (non-hydrogen) atoms. The molecule has 0 N–H and O–H groups in total. The van der Waals surface area contributed by atoms with E-state index in [4.69, 9.17) is 0 Å². The standard InChI is InChI=1S/C7H7F3S2/c8-7(9,10)6-2-1-5(12-6)3-4-11/h1-2,11H,3-4H2. The van der Waals surface area contributed by atoms with Crippen LogP contribution in [0.1, 0.15) is 9.75 Å². The van der Waals surface area contributed by atoms with Crippen LogP contribution in [-0.4, -0.2) is 5.75 Å². The second-order valence-electron chi connectivity index (χ2n) is 2.24. The Hall–Kier alpha value is -0.160. The largest absolute Gasteiger partial charge is 0.425 e. The minimum absolute atomic E-state index is 0.528. The highest BCUT2D eigenvalue weighted by Gasteiger charge is 2.32. The summed E-state index contributed by atoms with van der Waals surface area (Å²) in [5.41, 5.74) is 0. The van der Waals surface area contributed by atoms with Crippen LogP contribution in [0, 0.1) is 0 Å². The molecule has 0 saturated carbocycles. The van der Waals surface area contributed by atoms with Gasteiger partial charge in [0.1, 0.15) is 4.88 Å². The van der Waals surface area contributed by atoms with E-state index in [-0.39, 0.29) is 0 Å². The number of aryl methyl sites for hydroxylation is 1. The van der Waals surface area contributed by atoms with Gasteiger partial charge in [0.15, 0.2) is 0 Å². The van der Waals surface area contributed by atoms with E-state index in [1.165, 1.54) is 6.07 Å². The lowest BCUT2D eigenvalue weighted by Gasteiger charge is -2.00. The van der Waals surface area contributed by atoms with E-state index in [1.807, 2.05) is 0 Å². The molecule has 0 atom stereocenters. The van der Waals surface area contributed by atoms with Crippen molar-refractivity contribution in [1.82, 2.24) is 0 Å². The van der Waals surface area contributed by atoms with Crippen molar-refractivity contribution in [3.63, 3.8) is 0 Å². The maximum absolute atomic E-state index is 12.0. The van der Waals surface area contributed by atoms with E-state index >= 15 is 0 Å². The van der Waals surface area contributed by atoms with Gasteiger partial charge in [-0.2, -0.15) is 25.8 Å². The van der Waals surface area contributed by atoms with Gasteiger partial charge in [-0.1, -0.05) is 0 Å². The van der Waals surface area contributed by atoms with Crippen molar-refractivity contribution in [3.8, 4) is 0 Å². The van der Waals surface area contributed by atoms with Crippen LogP contribution in [0.5, 0.6) is 0 Å². The summed E-state index contributed by atoms with van der Waals surface area (Å²) in [5, 5.41) is 0. The van der Waals surface area contributed by atoms with E-state index in [0.29, 0.717) is 12.2 Å². The van der Waals surface area contributed by atoms with Crippen molar-refractivity contribution in [1.29, 1.82) is 0 Å². The third-order valence-corrected chi connectivity index (χ3v) is 2.71. The van der Waals surface area contributed by atoms with Crippen LogP contribution in [0.4, 0.5) is 13.2 Å². The second-order valence-corrected chi connectivity index (χ2v) is 3.85. The Kier molecular flexibility index (Phi) is 3.06. The first kappa shape index (κ1) is 9.92. The minimum atomic E-state index is -4.19. The summed E-state index contributed by atoms with van der Waals surface area (Å²) in [6.45, 7) is 0. The van der Waals surface area contributed by atoms with Gasteiger partial charge in [0.25, 0.3) is 0 Å². The minimum Gasteiger partial charge on any atom is -0.179 e. The van der Waals surface area contributed by atoms with Crippen LogP contribution in [-0.2, 0) is 12.6 Å². The lowest BCUT2D eigenvalue weighted by Crippen LogP contribution is -2.00. The molecule has 0 spiro atoms. The predicted octanol–water partition coefficient (Wildman–Crippen LogP) is 3.24. The van der Waals surface area contributed by atoms with Crippen molar-refractivity contribution in [2.75, 3.05) is 5.75 Å². The summed E-state index contributed by atoms with van der Waals surface area (Å²) < 4.78 is 36.1. The molecule has 1 rings (SSSR count). The topological polar surface area (TPSA) is 0 Å². The first-order valence-corrected chi connectivity index (χ1v) is 4.75. The molecule has 0 bridgehead atoms. The van der Waals surface area contributed by atoms with Gasteiger partial charge in [-0.15, -0.1) is 11.3 Å². The van der Waals surface area contributed by atoms with Crippen LogP contribution in [0.15, 0.2) is 12.1 Å². The maximum Gasteiger partial charge on any atom is 0.425 e. The SMILES string of the molecule is FC(F)(F)c1ccc(CCS)s1. The Morgan fingerprint density at radius 3 is 2.42 bits per heavy atom. The summed E-state index contributed by atoms with van der Waals surface area (Å²) in [6, 6.07) is 2.62. The van der Waals surface area contributed by atoms with Crippen molar-refractivity contribution in [2.45, 2.75) is 12.6 Å². The van der Waals surface area contributed by atoms with Crippen molar-refractivity contribution in [3.05, 3.63) is 21.9 Å². The normalized spacial score (nSPS) is 12.0. The van der Waals surface area contributed by atoms with E-state index in [9.17, 15) is 13.2 Å². The molecule has 0 aromatic carbocycles. The van der Waals surface area contributed by atoms with Gasteiger partial charge in [0.05, 0.1) is 0 Å². The van der Waals surface area contributed by atoms with Crippen LogP contribution in [0.25, 0.3) is 0 Å². The van der Waals surface area contributed by atoms with Crippen LogP contribution in [0.3, 0.4) is 0 Å². The van der Waals surface area contributed by atoms with Crippen LogP contribution >= 0.6 is 24.0 Å². The molecule has 0 amide bonds. The highest BCUT2D eigenvalue weighted by molar-refractivity contribution is 7.80. The van der Waals surface area contributed by atoms with Gasteiger partial charge < -0.3 is 0 Å². The fraction of sp³-hybridized carbons (Fsp3) is 0.429. The lowest BCUT2D eigenvalue weighted by atomic mass is 10.3. The van der Waals surface area contributed by atoms with E-state index in [1.54, 1.807) is 0 Å². The third-order valence-electron chi connectivity index (χ3n) is 1.30. The van der Waals surface area contributed by atoms with Gasteiger partial charge in [0.2, 0.25) is 0 Å². The highest BCUT2D eigenvalue weighted by atomic mass is 32.1. The van der Waals surface area contributed by atoms with Crippen molar-refractivity contribution >= 4 is 24.0 Å². The molecule has 5 heteroatoms. The number of alkyl halides is 3. The maximum atomic E-state index is 12.0. The summed E-state index contributed by atoms with van der Waals surface area (Å²) in [6.07, 6.45) is -3.59. The Morgan fingerprint density at radius 1 is 1.33 bits per heavy atom. The average molecular weight is 212 g/mol. The van der Waals surface area contributed by atoms with Crippen LogP contribution in [0.2, 0.25) is 0 Å². The number of thiophene rings is 1. The molecule has 0 fully saturated rings. The molecular formula is C7H7F3S2. The van der Waals surface area contributed by atoms with Gasteiger partial charge in [-0.25, -0.2) is 0 Å². The van der Waals surface area contributed by atoms with Gasteiger partial charge in [-0.05, 0) is 24.3 Å². The quantitative estimate of drug-likeness (QED) is 0.715. The number of hydrogen-bond acceptors (Lipinski definition) is 2. The van der Waals surface area contributed by atoms with Gasteiger partial charge >= 0.3 is 6.18 Å². The molecule has 0 saturated heterocycles. The molecule has 1 heterocycles. The first-order valence-electron chi connectivity index (χ1n) is 3.31. The Labute approximate surface area is 77.8 Å². The smallest absolute Gasteiger partial charge is 0.179 e. The van der Waals surface area contributed by atoms with Crippen molar-refractivity contribution < 1.29 is 13.2 Å². The zero-order valence-electron chi connectivity index (χ0n) is 6.06. The number of halogens is 3. The third kappa shape index (κ3) is 2.42. The van der Waals surface area contributed by atoms with Crippen LogP contribution < -0.4 is 0 Å². The zero-order valence-corrected chi connectivity index (χ0v) is 7.77. The first-order chi connectivity index (χ1) is 5.54. The number of rotatable bonds is 2. The summed E-state index contributed by atoms with van der Waals surface area (Å²) in [5.74, 6) is 0.581.